The van der Waals surface area contributed by atoms with E-state index in [1.807, 2.05) is 29.3 Å². The first kappa shape index (κ1) is 20.8. The molecule has 0 radical (unpaired) electrons. The second kappa shape index (κ2) is 9.14. The molecule has 2 amide bonds. The van der Waals surface area contributed by atoms with Crippen molar-refractivity contribution in [2.75, 3.05) is 39.4 Å². The highest BCUT2D eigenvalue weighted by molar-refractivity contribution is 6.13. The normalized spacial score (nSPS) is 27.8. The number of nitrogens with zero attached hydrogens (tertiary/aromatic N) is 4. The lowest BCUT2D eigenvalue weighted by molar-refractivity contribution is 0.0532. The zero-order valence-corrected chi connectivity index (χ0v) is 17.7. The number of dihydropyridines is 1. The van der Waals surface area contributed by atoms with Crippen molar-refractivity contribution < 1.29 is 9.53 Å². The van der Waals surface area contributed by atoms with E-state index in [1.165, 1.54) is 0 Å². The molecule has 30 heavy (non-hydrogen) atoms. The monoisotopic (exact) mass is 412 g/mol. The first-order valence-corrected chi connectivity index (χ1v) is 11.0. The van der Waals surface area contributed by atoms with E-state index in [9.17, 15) is 4.79 Å². The second-order valence-electron chi connectivity index (χ2n) is 8.06. The molecule has 3 heterocycles. The van der Waals surface area contributed by atoms with Gasteiger partial charge in [0, 0.05) is 32.4 Å². The summed E-state index contributed by atoms with van der Waals surface area (Å²) in [7, 11) is 0. The highest BCUT2D eigenvalue weighted by Gasteiger charge is 2.52. The van der Waals surface area contributed by atoms with Gasteiger partial charge < -0.3 is 20.7 Å². The molecule has 4 aliphatic rings. The van der Waals surface area contributed by atoms with Crippen LogP contribution in [-0.4, -0.2) is 78.9 Å². The maximum atomic E-state index is 12.2. The van der Waals surface area contributed by atoms with E-state index in [4.69, 9.17) is 15.5 Å². The van der Waals surface area contributed by atoms with Gasteiger partial charge in [-0.2, -0.15) is 0 Å². The summed E-state index contributed by atoms with van der Waals surface area (Å²) in [4.78, 5) is 26.2. The summed E-state index contributed by atoms with van der Waals surface area (Å²) in [6, 6.07) is 0.00695. The van der Waals surface area contributed by atoms with Crippen LogP contribution in [0.25, 0.3) is 0 Å². The minimum atomic E-state index is -0.454. The van der Waals surface area contributed by atoms with Crippen molar-refractivity contribution in [3.63, 3.8) is 0 Å². The third-order valence-electron chi connectivity index (χ3n) is 6.12. The molecule has 1 fully saturated rings. The van der Waals surface area contributed by atoms with Crippen molar-refractivity contribution in [1.29, 1.82) is 0 Å². The van der Waals surface area contributed by atoms with Crippen molar-refractivity contribution in [2.45, 2.75) is 44.3 Å². The van der Waals surface area contributed by atoms with Crippen LogP contribution in [0.2, 0.25) is 0 Å². The van der Waals surface area contributed by atoms with E-state index in [2.05, 4.69) is 28.2 Å². The first-order chi connectivity index (χ1) is 14.7. The number of rotatable bonds is 7. The smallest absolute Gasteiger partial charge is 0.317 e. The topological polar surface area (TPSA) is 95.5 Å². The molecule has 8 heteroatoms. The lowest BCUT2D eigenvalue weighted by Crippen LogP contribution is -2.55. The zero-order valence-electron chi connectivity index (χ0n) is 17.7. The van der Waals surface area contributed by atoms with Gasteiger partial charge in [-0.3, -0.25) is 14.9 Å². The number of morpholine rings is 1. The van der Waals surface area contributed by atoms with Gasteiger partial charge in [0.05, 0.1) is 30.3 Å². The Kier molecular flexibility index (Phi) is 6.34. The van der Waals surface area contributed by atoms with Crippen molar-refractivity contribution in [3.05, 3.63) is 35.7 Å². The number of nitrogens with two attached hydrogens (primary N) is 1. The van der Waals surface area contributed by atoms with Crippen molar-refractivity contribution in [2.24, 2.45) is 15.7 Å². The van der Waals surface area contributed by atoms with Gasteiger partial charge in [0.15, 0.2) is 0 Å². The van der Waals surface area contributed by atoms with Gasteiger partial charge in [-0.15, -0.1) is 0 Å². The predicted molar refractivity (Wildman–Crippen MR) is 119 cm³/mol. The molecule has 2 unspecified atom stereocenters. The largest absolute Gasteiger partial charge is 0.397 e. The Hall–Kier alpha value is -2.45. The number of unbranched alkanes of at least 4 members (excludes halogenated alkanes) is 1. The number of amides is 2. The molecule has 162 valence electrons. The Bertz CT molecular complexity index is 808. The molecule has 3 aliphatic heterocycles. The molecule has 1 spiro atoms. The Balaban J connectivity index is 1.37. The number of carbonyl (C=O) groups excluding carboxylic acids is 1. The van der Waals surface area contributed by atoms with E-state index in [-0.39, 0.29) is 12.2 Å². The van der Waals surface area contributed by atoms with Gasteiger partial charge in [-0.1, -0.05) is 19.4 Å². The van der Waals surface area contributed by atoms with Crippen LogP contribution in [0, 0.1) is 0 Å². The van der Waals surface area contributed by atoms with Crippen LogP contribution >= 0.6 is 0 Å². The Morgan fingerprint density at radius 2 is 2.17 bits per heavy atom. The molecule has 4 rings (SSSR count). The molecule has 0 aromatic heterocycles. The average Bonchev–Trinajstić information content (AvgIpc) is 3.08. The molecule has 0 saturated carbocycles. The van der Waals surface area contributed by atoms with Crippen LogP contribution in [0.1, 0.15) is 32.6 Å². The number of hydrogen-bond acceptors (Lipinski definition) is 6. The SMILES string of the molecule is CCCC1N=C2C(N)=CC=C3N=CC=CC32N1CCCCNC(=O)N1CCOCC1. The molecule has 0 bridgehead atoms. The third kappa shape index (κ3) is 3.81. The minimum absolute atomic E-state index is 0.00695. The Labute approximate surface area is 178 Å². The third-order valence-corrected chi connectivity index (χ3v) is 6.12. The van der Waals surface area contributed by atoms with Gasteiger partial charge in [0.2, 0.25) is 0 Å². The molecule has 3 N–H and O–H groups in total. The number of nitrogens with one attached hydrogen (secondary N) is 1. The first-order valence-electron chi connectivity index (χ1n) is 11.0. The standard InChI is InChI=1S/C22H32N6O2/c1-2-6-19-26-20-17(23)7-8-18-22(20,9-5-11-24-18)28(19)12-4-3-10-25-21(29)27-13-15-30-16-14-27/h5,7-9,11,19H,2-4,6,10,12-16,23H2,1H3,(H,25,29). The second-order valence-corrected chi connectivity index (χ2v) is 8.06. The van der Waals surface area contributed by atoms with Gasteiger partial charge in [-0.05, 0) is 37.5 Å². The van der Waals surface area contributed by atoms with Gasteiger partial charge in [0.25, 0.3) is 0 Å². The maximum absolute atomic E-state index is 12.2. The summed E-state index contributed by atoms with van der Waals surface area (Å²) in [5, 5.41) is 3.04. The van der Waals surface area contributed by atoms with E-state index < -0.39 is 5.54 Å². The highest BCUT2D eigenvalue weighted by atomic mass is 16.5. The number of carbonyl (C=O) groups is 1. The molecule has 1 aliphatic carbocycles. The minimum Gasteiger partial charge on any atom is -0.397 e. The Morgan fingerprint density at radius 1 is 1.33 bits per heavy atom. The highest BCUT2D eigenvalue weighted by Crippen LogP contribution is 2.42. The molecule has 0 aromatic rings. The van der Waals surface area contributed by atoms with Crippen molar-refractivity contribution >= 4 is 18.0 Å². The summed E-state index contributed by atoms with van der Waals surface area (Å²) in [6.07, 6.45) is 13.9. The van der Waals surface area contributed by atoms with Crippen molar-refractivity contribution in [3.8, 4) is 0 Å². The lowest BCUT2D eigenvalue weighted by Gasteiger charge is -2.42. The zero-order chi connectivity index (χ0) is 21.0. The number of ether oxygens (including phenoxy) is 1. The summed E-state index contributed by atoms with van der Waals surface area (Å²) in [6.45, 7) is 6.29. The number of hydrogen-bond donors (Lipinski definition) is 2. The molecule has 1 saturated heterocycles. The molecule has 8 nitrogen and oxygen atoms in total. The maximum Gasteiger partial charge on any atom is 0.317 e. The van der Waals surface area contributed by atoms with Gasteiger partial charge in [-0.25, -0.2) is 4.79 Å². The quantitative estimate of drug-likeness (QED) is 0.624. The van der Waals surface area contributed by atoms with Gasteiger partial charge in [0.1, 0.15) is 11.7 Å². The van der Waals surface area contributed by atoms with Crippen LogP contribution in [0.3, 0.4) is 0 Å². The number of aliphatic imine (C=N–C) groups is 2. The average molecular weight is 413 g/mol. The van der Waals surface area contributed by atoms with E-state index in [0.717, 1.165) is 49.3 Å². The lowest BCUT2D eigenvalue weighted by atomic mass is 9.81. The summed E-state index contributed by atoms with van der Waals surface area (Å²) in [5.41, 5.74) is 8.51. The summed E-state index contributed by atoms with van der Waals surface area (Å²) < 4.78 is 5.30. The Morgan fingerprint density at radius 3 is 2.97 bits per heavy atom. The van der Waals surface area contributed by atoms with Crippen LogP contribution < -0.4 is 11.1 Å². The van der Waals surface area contributed by atoms with Crippen LogP contribution in [-0.2, 0) is 4.74 Å². The number of allylic oxidation sites excluding steroid dienone is 3. The number of urea groups is 1. The molecule has 0 aromatic carbocycles. The van der Waals surface area contributed by atoms with Gasteiger partial charge >= 0.3 is 6.03 Å². The van der Waals surface area contributed by atoms with Crippen LogP contribution in [0.4, 0.5) is 4.79 Å². The van der Waals surface area contributed by atoms with Crippen molar-refractivity contribution in [1.82, 2.24) is 15.1 Å². The fourth-order valence-corrected chi connectivity index (χ4v) is 4.62. The fourth-order valence-electron chi connectivity index (χ4n) is 4.62. The summed E-state index contributed by atoms with van der Waals surface area (Å²) >= 11 is 0. The fraction of sp³-hybridized carbons (Fsp3) is 0.591. The van der Waals surface area contributed by atoms with E-state index in [0.29, 0.717) is 32.8 Å². The predicted octanol–water partition coefficient (Wildman–Crippen LogP) is 1.81. The van der Waals surface area contributed by atoms with E-state index >= 15 is 0 Å². The van der Waals surface area contributed by atoms with Crippen LogP contribution in [0.15, 0.2) is 45.7 Å². The molecular weight excluding hydrogens is 380 g/mol. The molecule has 2 atom stereocenters. The molecular formula is C22H32N6O2. The van der Waals surface area contributed by atoms with E-state index in [1.54, 1.807) is 0 Å². The summed E-state index contributed by atoms with van der Waals surface area (Å²) in [5.74, 6) is 0. The van der Waals surface area contributed by atoms with Crippen LogP contribution in [0.5, 0.6) is 0 Å².